The Morgan fingerprint density at radius 3 is 2.00 bits per heavy atom. The molecule has 0 aliphatic rings. The van der Waals surface area contributed by atoms with E-state index in [2.05, 4.69) is 10.3 Å². The maximum Gasteiger partial charge on any atom is 0.326 e. The summed E-state index contributed by atoms with van der Waals surface area (Å²) in [6, 6.07) is 23.8. The van der Waals surface area contributed by atoms with Crippen LogP contribution in [-0.4, -0.2) is 28.0 Å². The van der Waals surface area contributed by atoms with Crippen molar-refractivity contribution in [3.8, 4) is 0 Å². The van der Waals surface area contributed by atoms with Crippen LogP contribution in [0.4, 0.5) is 0 Å². The summed E-state index contributed by atoms with van der Waals surface area (Å²) in [7, 11) is 0. The smallest absolute Gasteiger partial charge is 0.326 e. The van der Waals surface area contributed by atoms with Crippen molar-refractivity contribution in [2.45, 2.75) is 25.3 Å². The number of carboxylic acids is 1. The van der Waals surface area contributed by atoms with Gasteiger partial charge in [-0.05, 0) is 37.0 Å². The van der Waals surface area contributed by atoms with Gasteiger partial charge >= 0.3 is 5.97 Å². The zero-order valence-electron chi connectivity index (χ0n) is 16.4. The summed E-state index contributed by atoms with van der Waals surface area (Å²) >= 11 is 0. The van der Waals surface area contributed by atoms with Gasteiger partial charge in [-0.2, -0.15) is 0 Å². The number of hydrogen-bond donors (Lipinski definition) is 2. The lowest BCUT2D eigenvalue weighted by Gasteiger charge is -2.16. The highest BCUT2D eigenvalue weighted by molar-refractivity contribution is 6.16. The average molecular weight is 398 g/mol. The molecule has 1 atom stereocenters. The molecular weight excluding hydrogens is 376 g/mol. The van der Waals surface area contributed by atoms with Crippen molar-refractivity contribution in [1.29, 1.82) is 0 Å². The molecule has 0 aliphatic heterocycles. The Bertz CT molecular complexity index is 1150. The molecule has 0 bridgehead atoms. The van der Waals surface area contributed by atoms with E-state index in [1.54, 1.807) is 0 Å². The monoisotopic (exact) mass is 398 g/mol. The summed E-state index contributed by atoms with van der Waals surface area (Å²) in [4.78, 5) is 29.6. The van der Waals surface area contributed by atoms with Gasteiger partial charge in [0.2, 0.25) is 0 Å². The van der Waals surface area contributed by atoms with Gasteiger partial charge in [-0.3, -0.25) is 4.79 Å². The van der Waals surface area contributed by atoms with Gasteiger partial charge in [-0.25, -0.2) is 9.78 Å². The van der Waals surface area contributed by atoms with Gasteiger partial charge in [0.15, 0.2) is 0 Å². The third-order valence-corrected chi connectivity index (χ3v) is 5.22. The predicted octanol–water partition coefficient (Wildman–Crippen LogP) is 4.59. The van der Waals surface area contributed by atoms with E-state index in [-0.39, 0.29) is 0 Å². The zero-order chi connectivity index (χ0) is 20.9. The molecule has 2 N–H and O–H groups in total. The molecule has 1 heterocycles. The van der Waals surface area contributed by atoms with Gasteiger partial charge in [0, 0.05) is 10.8 Å². The van der Waals surface area contributed by atoms with Crippen molar-refractivity contribution in [2.75, 3.05) is 0 Å². The molecule has 30 heavy (non-hydrogen) atoms. The van der Waals surface area contributed by atoms with Gasteiger partial charge in [0.05, 0.1) is 16.6 Å². The lowest BCUT2D eigenvalue weighted by atomic mass is 10.0. The number of nitrogens with zero attached hydrogens (tertiary/aromatic N) is 1. The molecule has 0 aliphatic carbocycles. The van der Waals surface area contributed by atoms with E-state index in [9.17, 15) is 14.7 Å². The fourth-order valence-corrected chi connectivity index (χ4v) is 3.73. The third-order valence-electron chi connectivity index (χ3n) is 5.22. The van der Waals surface area contributed by atoms with Gasteiger partial charge < -0.3 is 10.4 Å². The Labute approximate surface area is 174 Å². The largest absolute Gasteiger partial charge is 0.480 e. The van der Waals surface area contributed by atoms with Crippen molar-refractivity contribution in [3.63, 3.8) is 0 Å². The first-order valence-electron chi connectivity index (χ1n) is 9.98. The molecule has 3 aromatic carbocycles. The van der Waals surface area contributed by atoms with Crippen LogP contribution in [0, 0.1) is 0 Å². The second-order valence-corrected chi connectivity index (χ2v) is 7.26. The maximum atomic E-state index is 13.2. The van der Waals surface area contributed by atoms with Crippen LogP contribution < -0.4 is 5.32 Å². The quantitative estimate of drug-likeness (QED) is 0.446. The number of pyridine rings is 1. The van der Waals surface area contributed by atoms with E-state index in [1.165, 1.54) is 0 Å². The number of carbonyl (C=O) groups excluding carboxylic acids is 1. The van der Waals surface area contributed by atoms with Crippen LogP contribution in [0.2, 0.25) is 0 Å². The predicted molar refractivity (Wildman–Crippen MR) is 118 cm³/mol. The highest BCUT2D eigenvalue weighted by Crippen LogP contribution is 2.26. The molecule has 0 saturated heterocycles. The number of aliphatic carboxylic acids is 1. The highest BCUT2D eigenvalue weighted by atomic mass is 16.4. The Morgan fingerprint density at radius 1 is 0.833 bits per heavy atom. The summed E-state index contributed by atoms with van der Waals surface area (Å²) < 4.78 is 0. The number of carbonyl (C=O) groups is 2. The fourth-order valence-electron chi connectivity index (χ4n) is 3.73. The lowest BCUT2D eigenvalue weighted by molar-refractivity contribution is -0.139. The van der Waals surface area contributed by atoms with E-state index in [0.717, 1.165) is 12.0 Å². The molecule has 0 radical (unpaired) electrons. The topological polar surface area (TPSA) is 79.3 Å². The SMILES string of the molecule is O=C(N[C@@H](CCCc1ccccc1)C(=O)O)c1c2ccccc2nc2ccccc12. The van der Waals surface area contributed by atoms with Crippen LogP contribution >= 0.6 is 0 Å². The molecule has 0 saturated carbocycles. The number of nitrogens with one attached hydrogen (secondary N) is 1. The Hall–Kier alpha value is -3.73. The molecule has 0 spiro atoms. The van der Waals surface area contributed by atoms with Gasteiger partial charge in [-0.15, -0.1) is 0 Å². The van der Waals surface area contributed by atoms with Crippen molar-refractivity contribution in [1.82, 2.24) is 10.3 Å². The minimum absolute atomic E-state index is 0.358. The Morgan fingerprint density at radius 2 is 1.40 bits per heavy atom. The number of aromatic nitrogens is 1. The number of rotatable bonds is 7. The summed E-state index contributed by atoms with van der Waals surface area (Å²) in [5, 5.41) is 13.8. The van der Waals surface area contributed by atoms with Crippen molar-refractivity contribution in [2.24, 2.45) is 0 Å². The number of para-hydroxylation sites is 2. The van der Waals surface area contributed by atoms with Crippen LogP contribution in [0.1, 0.15) is 28.8 Å². The van der Waals surface area contributed by atoms with Crippen molar-refractivity contribution in [3.05, 3.63) is 90.0 Å². The number of carboxylic acid groups (broad SMARTS) is 1. The van der Waals surface area contributed by atoms with Crippen LogP contribution in [0.25, 0.3) is 21.8 Å². The first-order valence-corrected chi connectivity index (χ1v) is 9.98. The maximum absolute atomic E-state index is 13.2. The van der Waals surface area contributed by atoms with Gasteiger partial charge in [-0.1, -0.05) is 66.7 Å². The fraction of sp³-hybridized carbons (Fsp3) is 0.160. The van der Waals surface area contributed by atoms with E-state index in [1.807, 2.05) is 78.9 Å². The van der Waals surface area contributed by atoms with Crippen LogP contribution in [0.3, 0.4) is 0 Å². The van der Waals surface area contributed by atoms with Crippen molar-refractivity contribution >= 4 is 33.7 Å². The second-order valence-electron chi connectivity index (χ2n) is 7.26. The molecule has 1 amide bonds. The number of benzene rings is 3. The Kier molecular flexibility index (Phi) is 5.70. The standard InChI is InChI=1S/C25H22N2O3/c28-24(27-22(25(29)30)16-8-11-17-9-2-1-3-10-17)23-18-12-4-6-14-20(18)26-21-15-7-5-13-19(21)23/h1-7,9-10,12-15,22H,8,11,16H2,(H,27,28)(H,29,30)/t22-/m0/s1. The molecule has 150 valence electrons. The highest BCUT2D eigenvalue weighted by Gasteiger charge is 2.23. The lowest BCUT2D eigenvalue weighted by Crippen LogP contribution is -2.41. The van der Waals surface area contributed by atoms with Gasteiger partial charge in [0.1, 0.15) is 6.04 Å². The molecule has 5 heteroatoms. The van der Waals surface area contributed by atoms with E-state index < -0.39 is 17.9 Å². The summed E-state index contributed by atoms with van der Waals surface area (Å²) in [6.07, 6.45) is 1.79. The van der Waals surface area contributed by atoms with E-state index in [0.29, 0.717) is 40.2 Å². The number of amides is 1. The average Bonchev–Trinajstić information content (AvgIpc) is 2.77. The molecule has 1 aromatic heterocycles. The van der Waals surface area contributed by atoms with Gasteiger partial charge in [0.25, 0.3) is 5.91 Å². The minimum atomic E-state index is -1.03. The summed E-state index contributed by atoms with van der Waals surface area (Å²) in [6.45, 7) is 0. The number of hydrogen-bond acceptors (Lipinski definition) is 3. The first-order chi connectivity index (χ1) is 14.6. The number of fused-ring (bicyclic) bond motifs is 2. The molecule has 0 unspecified atom stereocenters. The van der Waals surface area contributed by atoms with Crippen LogP contribution in [-0.2, 0) is 11.2 Å². The summed E-state index contributed by atoms with van der Waals surface area (Å²) in [5.74, 6) is -1.42. The molecule has 0 fully saturated rings. The summed E-state index contributed by atoms with van der Waals surface area (Å²) in [5.41, 5.74) is 3.03. The Balaban J connectivity index is 1.59. The minimum Gasteiger partial charge on any atom is -0.480 e. The third kappa shape index (κ3) is 4.15. The van der Waals surface area contributed by atoms with E-state index >= 15 is 0 Å². The number of aryl methyl sites for hydroxylation is 1. The molecule has 4 aromatic rings. The zero-order valence-corrected chi connectivity index (χ0v) is 16.4. The molecule has 5 nitrogen and oxygen atoms in total. The molecule has 4 rings (SSSR count). The van der Waals surface area contributed by atoms with Crippen LogP contribution in [0.15, 0.2) is 78.9 Å². The van der Waals surface area contributed by atoms with Crippen LogP contribution in [0.5, 0.6) is 0 Å². The first kappa shape index (κ1) is 19.6. The second kappa shape index (κ2) is 8.74. The van der Waals surface area contributed by atoms with Crippen molar-refractivity contribution < 1.29 is 14.7 Å². The van der Waals surface area contributed by atoms with E-state index in [4.69, 9.17) is 0 Å². The normalized spacial score (nSPS) is 12.0. The molecular formula is C25H22N2O3.